The van der Waals surface area contributed by atoms with Gasteiger partial charge in [-0.1, -0.05) is 60.7 Å². The van der Waals surface area contributed by atoms with Gasteiger partial charge in [0.1, 0.15) is 5.82 Å². The van der Waals surface area contributed by atoms with Crippen LogP contribution in [0.2, 0.25) is 0 Å². The zero-order chi connectivity index (χ0) is 24.3. The van der Waals surface area contributed by atoms with E-state index in [1.807, 2.05) is 12.1 Å². The van der Waals surface area contributed by atoms with Gasteiger partial charge in [-0.25, -0.2) is 4.98 Å². The lowest BCUT2D eigenvalue weighted by molar-refractivity contribution is 1.10. The highest BCUT2D eigenvalue weighted by Gasteiger charge is 2.21. The molecule has 1 aliphatic carbocycles. The highest BCUT2D eigenvalue weighted by atomic mass is 15.1. The van der Waals surface area contributed by atoms with Crippen molar-refractivity contribution < 1.29 is 0 Å². The summed E-state index contributed by atoms with van der Waals surface area (Å²) >= 11 is 0. The molecule has 0 aliphatic heterocycles. The molecule has 8 rings (SSSR count). The van der Waals surface area contributed by atoms with E-state index in [9.17, 15) is 0 Å². The number of para-hydroxylation sites is 3. The number of rotatable bonds is 3. The molecule has 37 heavy (non-hydrogen) atoms. The number of aromatic nitrogens is 3. The van der Waals surface area contributed by atoms with E-state index in [-0.39, 0.29) is 0 Å². The minimum atomic E-state index is 0.950. The summed E-state index contributed by atoms with van der Waals surface area (Å²) in [6.45, 7) is 0. The summed E-state index contributed by atoms with van der Waals surface area (Å²) in [7, 11) is 0. The van der Waals surface area contributed by atoms with Crippen LogP contribution in [-0.4, -0.2) is 14.1 Å². The molecule has 0 spiro atoms. The highest BCUT2D eigenvalue weighted by molar-refractivity contribution is 6.00. The molecule has 2 heterocycles. The van der Waals surface area contributed by atoms with Gasteiger partial charge in [0.15, 0.2) is 0 Å². The molecule has 0 radical (unpaired) electrons. The second-order valence-electron chi connectivity index (χ2n) is 9.69. The summed E-state index contributed by atoms with van der Waals surface area (Å²) in [6.07, 6.45) is 3.21. The van der Waals surface area contributed by atoms with Gasteiger partial charge in [-0.15, -0.1) is 0 Å². The first-order chi connectivity index (χ1) is 18.3. The van der Waals surface area contributed by atoms with Crippen molar-refractivity contribution in [2.75, 3.05) is 0 Å². The van der Waals surface area contributed by atoms with E-state index < -0.39 is 0 Å². The maximum Gasteiger partial charge on any atom is 0.145 e. The summed E-state index contributed by atoms with van der Waals surface area (Å²) in [4.78, 5) is 5.02. The van der Waals surface area contributed by atoms with Crippen LogP contribution in [0.3, 0.4) is 0 Å². The van der Waals surface area contributed by atoms with Crippen molar-refractivity contribution >= 4 is 21.9 Å². The molecule has 174 valence electrons. The van der Waals surface area contributed by atoms with Crippen molar-refractivity contribution in [2.24, 2.45) is 0 Å². The fraction of sp³-hybridized carbons (Fsp3) is 0.0294. The van der Waals surface area contributed by atoms with Crippen LogP contribution in [0.15, 0.2) is 128 Å². The van der Waals surface area contributed by atoms with Gasteiger partial charge in [-0.05, 0) is 89.3 Å². The van der Waals surface area contributed by atoms with Gasteiger partial charge in [0.2, 0.25) is 0 Å². The van der Waals surface area contributed by atoms with Gasteiger partial charge >= 0.3 is 0 Å². The molecule has 7 aromatic rings. The topological polar surface area (TPSA) is 22.8 Å². The normalized spacial score (nSPS) is 12.2. The molecule has 0 unspecified atom stereocenters. The summed E-state index contributed by atoms with van der Waals surface area (Å²) in [5, 5.41) is 1.32. The number of fused-ring (bicyclic) bond motifs is 6. The van der Waals surface area contributed by atoms with Crippen LogP contribution in [0.25, 0.3) is 55.8 Å². The molecular weight excluding hydrogens is 450 g/mol. The highest BCUT2D eigenvalue weighted by Crippen LogP contribution is 2.42. The van der Waals surface area contributed by atoms with E-state index in [0.29, 0.717) is 0 Å². The monoisotopic (exact) mass is 473 g/mol. The molecule has 3 heteroatoms. The smallest absolute Gasteiger partial charge is 0.145 e. The van der Waals surface area contributed by atoms with E-state index in [0.717, 1.165) is 40.2 Å². The van der Waals surface area contributed by atoms with E-state index in [1.165, 1.54) is 33.2 Å². The lowest BCUT2D eigenvalue weighted by Crippen LogP contribution is -1.98. The molecular formula is C34H23N3. The molecule has 0 atom stereocenters. The van der Waals surface area contributed by atoms with Gasteiger partial charge in [0.25, 0.3) is 0 Å². The molecule has 5 aromatic carbocycles. The molecule has 0 bridgehead atoms. The molecule has 1 aliphatic rings. The summed E-state index contributed by atoms with van der Waals surface area (Å²) in [6, 6.07) is 43.2. The largest absolute Gasteiger partial charge is 0.317 e. The van der Waals surface area contributed by atoms with Crippen molar-refractivity contribution in [1.29, 1.82) is 0 Å². The Bertz CT molecular complexity index is 1940. The second-order valence-corrected chi connectivity index (χ2v) is 9.69. The average molecular weight is 474 g/mol. The van der Waals surface area contributed by atoms with E-state index in [2.05, 4.69) is 125 Å². The second kappa shape index (κ2) is 7.81. The maximum atomic E-state index is 5.02. The third-order valence-corrected chi connectivity index (χ3v) is 7.61. The SMILES string of the molecule is c1ccc(-n2c(-c3ccc(-n4ccc5c6c(ccc54)Cc4ccccc4-6)cc3)nc3ccccc32)cc1. The average Bonchev–Trinajstić information content (AvgIpc) is 3.66. The van der Waals surface area contributed by atoms with Crippen LogP contribution in [0.1, 0.15) is 11.1 Å². The van der Waals surface area contributed by atoms with Gasteiger partial charge in [-0.3, -0.25) is 4.57 Å². The summed E-state index contributed by atoms with van der Waals surface area (Å²) in [5.41, 5.74) is 12.3. The van der Waals surface area contributed by atoms with Crippen molar-refractivity contribution in [1.82, 2.24) is 14.1 Å². The predicted molar refractivity (Wildman–Crippen MR) is 152 cm³/mol. The molecule has 0 fully saturated rings. The minimum Gasteiger partial charge on any atom is -0.317 e. The Kier molecular flexibility index (Phi) is 4.29. The fourth-order valence-electron chi connectivity index (χ4n) is 5.91. The molecule has 2 aromatic heterocycles. The maximum absolute atomic E-state index is 5.02. The first kappa shape index (κ1) is 20.3. The quantitative estimate of drug-likeness (QED) is 0.253. The van der Waals surface area contributed by atoms with E-state index in [1.54, 1.807) is 0 Å². The Morgan fingerprint density at radius 1 is 0.568 bits per heavy atom. The van der Waals surface area contributed by atoms with Crippen LogP contribution in [0.4, 0.5) is 0 Å². The third-order valence-electron chi connectivity index (χ3n) is 7.61. The standard InChI is InChI=1S/C34H23N3/c1-2-9-27(10-3-1)37-32-13-7-6-12-30(32)35-34(37)23-14-17-26(18-15-23)36-21-20-29-31(36)19-16-25-22-24-8-4-5-11-28(24)33(25)29/h1-21H,22H2. The van der Waals surface area contributed by atoms with Gasteiger partial charge in [-0.2, -0.15) is 0 Å². The van der Waals surface area contributed by atoms with E-state index in [4.69, 9.17) is 4.98 Å². The molecule has 0 N–H and O–H groups in total. The Balaban J connectivity index is 1.24. The molecule has 0 amide bonds. The third kappa shape index (κ3) is 3.04. The van der Waals surface area contributed by atoms with Crippen LogP contribution < -0.4 is 0 Å². The van der Waals surface area contributed by atoms with Crippen molar-refractivity contribution in [2.45, 2.75) is 6.42 Å². The van der Waals surface area contributed by atoms with Gasteiger partial charge in [0, 0.05) is 28.5 Å². The van der Waals surface area contributed by atoms with Gasteiger partial charge < -0.3 is 4.57 Å². The number of hydrogen-bond donors (Lipinski definition) is 0. The Morgan fingerprint density at radius 3 is 2.24 bits per heavy atom. The first-order valence-corrected chi connectivity index (χ1v) is 12.7. The first-order valence-electron chi connectivity index (χ1n) is 12.7. The molecule has 0 saturated carbocycles. The summed E-state index contributed by atoms with van der Waals surface area (Å²) < 4.78 is 4.54. The van der Waals surface area contributed by atoms with Crippen LogP contribution >= 0.6 is 0 Å². The van der Waals surface area contributed by atoms with Crippen molar-refractivity contribution in [3.05, 3.63) is 139 Å². The Hall–Kier alpha value is -4.89. The van der Waals surface area contributed by atoms with E-state index >= 15 is 0 Å². The van der Waals surface area contributed by atoms with Crippen molar-refractivity contribution in [3.63, 3.8) is 0 Å². The van der Waals surface area contributed by atoms with Crippen LogP contribution in [-0.2, 0) is 6.42 Å². The minimum absolute atomic E-state index is 0.950. The summed E-state index contributed by atoms with van der Waals surface area (Å²) in [5.74, 6) is 0.950. The zero-order valence-electron chi connectivity index (χ0n) is 20.2. The predicted octanol–water partition coefficient (Wildman–Crippen LogP) is 8.21. The molecule has 0 saturated heterocycles. The van der Waals surface area contributed by atoms with Gasteiger partial charge in [0.05, 0.1) is 16.6 Å². The number of benzene rings is 5. The lowest BCUT2D eigenvalue weighted by Gasteiger charge is -2.11. The molecule has 3 nitrogen and oxygen atoms in total. The number of imidazole rings is 1. The van der Waals surface area contributed by atoms with Crippen LogP contribution in [0, 0.1) is 0 Å². The fourth-order valence-corrected chi connectivity index (χ4v) is 5.91. The Morgan fingerprint density at radius 2 is 1.35 bits per heavy atom. The van der Waals surface area contributed by atoms with Crippen molar-refractivity contribution in [3.8, 4) is 33.9 Å². The number of hydrogen-bond acceptors (Lipinski definition) is 1. The lowest BCUT2D eigenvalue weighted by atomic mass is 10.0. The zero-order valence-corrected chi connectivity index (χ0v) is 20.2. The van der Waals surface area contributed by atoms with Crippen LogP contribution in [0.5, 0.6) is 0 Å². The number of nitrogens with zero attached hydrogens (tertiary/aromatic N) is 3. The Labute approximate surface area is 214 Å².